The van der Waals surface area contributed by atoms with E-state index in [1.807, 2.05) is 0 Å². The lowest BCUT2D eigenvalue weighted by Crippen LogP contribution is -2.35. The molecule has 16 heavy (non-hydrogen) atoms. The third kappa shape index (κ3) is 4.84. The Kier molecular flexibility index (Phi) is 5.26. The molecular weight excluding hydrogens is 196 g/mol. The average Bonchev–Trinajstić information content (AvgIpc) is 2.59. The van der Waals surface area contributed by atoms with Crippen molar-refractivity contribution in [1.29, 1.82) is 0 Å². The summed E-state index contributed by atoms with van der Waals surface area (Å²) in [5, 5.41) is 0. The predicted octanol–water partition coefficient (Wildman–Crippen LogP) is 3.01. The SMILES string of the molecule is CCC1CCCN1CCC(N)CC(C)(C)C. The lowest BCUT2D eigenvalue weighted by atomic mass is 9.87. The van der Waals surface area contributed by atoms with E-state index in [-0.39, 0.29) is 0 Å². The summed E-state index contributed by atoms with van der Waals surface area (Å²) in [6, 6.07) is 1.21. The van der Waals surface area contributed by atoms with Crippen LogP contribution in [0.25, 0.3) is 0 Å². The molecule has 96 valence electrons. The van der Waals surface area contributed by atoms with Gasteiger partial charge < -0.3 is 10.6 Å². The quantitative estimate of drug-likeness (QED) is 0.781. The second-order valence-electron chi connectivity index (χ2n) is 6.55. The van der Waals surface area contributed by atoms with Gasteiger partial charge in [0.05, 0.1) is 0 Å². The zero-order valence-electron chi connectivity index (χ0n) is 11.6. The van der Waals surface area contributed by atoms with Crippen molar-refractivity contribution in [1.82, 2.24) is 4.90 Å². The van der Waals surface area contributed by atoms with Gasteiger partial charge in [-0.1, -0.05) is 27.7 Å². The fourth-order valence-electron chi connectivity index (χ4n) is 2.87. The fourth-order valence-corrected chi connectivity index (χ4v) is 2.87. The van der Waals surface area contributed by atoms with Crippen LogP contribution in [0.15, 0.2) is 0 Å². The van der Waals surface area contributed by atoms with E-state index in [0.717, 1.165) is 18.9 Å². The van der Waals surface area contributed by atoms with Crippen molar-refractivity contribution in [3.63, 3.8) is 0 Å². The Morgan fingerprint density at radius 1 is 1.38 bits per heavy atom. The van der Waals surface area contributed by atoms with Crippen LogP contribution in [0.3, 0.4) is 0 Å². The molecule has 0 saturated carbocycles. The topological polar surface area (TPSA) is 29.3 Å². The van der Waals surface area contributed by atoms with Crippen LogP contribution >= 0.6 is 0 Å². The Morgan fingerprint density at radius 2 is 2.06 bits per heavy atom. The highest BCUT2D eigenvalue weighted by Gasteiger charge is 2.23. The molecule has 2 heteroatoms. The first-order valence-electron chi connectivity index (χ1n) is 6.92. The molecule has 1 aliphatic rings. The molecule has 0 aromatic rings. The van der Waals surface area contributed by atoms with E-state index in [1.54, 1.807) is 0 Å². The minimum atomic E-state index is 0.370. The van der Waals surface area contributed by atoms with Gasteiger partial charge in [0.1, 0.15) is 0 Å². The van der Waals surface area contributed by atoms with Crippen molar-refractivity contribution in [2.24, 2.45) is 11.1 Å². The molecule has 2 atom stereocenters. The van der Waals surface area contributed by atoms with Crippen LogP contribution in [-0.4, -0.2) is 30.1 Å². The normalized spacial score (nSPS) is 24.9. The molecule has 1 heterocycles. The first-order valence-corrected chi connectivity index (χ1v) is 6.92. The Bertz CT molecular complexity index is 195. The van der Waals surface area contributed by atoms with Gasteiger partial charge in [-0.25, -0.2) is 0 Å². The molecule has 2 nitrogen and oxygen atoms in total. The van der Waals surface area contributed by atoms with Crippen molar-refractivity contribution in [3.8, 4) is 0 Å². The van der Waals surface area contributed by atoms with E-state index < -0.39 is 0 Å². The predicted molar refractivity (Wildman–Crippen MR) is 71.6 cm³/mol. The maximum atomic E-state index is 6.20. The summed E-state index contributed by atoms with van der Waals surface area (Å²) >= 11 is 0. The molecule has 0 amide bonds. The molecule has 2 N–H and O–H groups in total. The number of nitrogens with two attached hydrogens (primary N) is 1. The van der Waals surface area contributed by atoms with Gasteiger partial charge in [-0.3, -0.25) is 0 Å². The first-order chi connectivity index (χ1) is 7.42. The van der Waals surface area contributed by atoms with Gasteiger partial charge in [0, 0.05) is 12.1 Å². The molecule has 2 unspecified atom stereocenters. The highest BCUT2D eigenvalue weighted by Crippen LogP contribution is 2.23. The molecule has 0 radical (unpaired) electrons. The fraction of sp³-hybridized carbons (Fsp3) is 1.00. The van der Waals surface area contributed by atoms with Crippen molar-refractivity contribution in [3.05, 3.63) is 0 Å². The van der Waals surface area contributed by atoms with Crippen molar-refractivity contribution in [2.75, 3.05) is 13.1 Å². The van der Waals surface area contributed by atoms with Crippen molar-refractivity contribution in [2.45, 2.75) is 71.9 Å². The highest BCUT2D eigenvalue weighted by molar-refractivity contribution is 4.80. The van der Waals surface area contributed by atoms with Gasteiger partial charge in [-0.2, -0.15) is 0 Å². The third-order valence-electron chi connectivity index (χ3n) is 3.63. The Hall–Kier alpha value is -0.0800. The molecule has 0 aromatic carbocycles. The lowest BCUT2D eigenvalue weighted by Gasteiger charge is -2.27. The molecule has 0 aromatic heterocycles. The van der Waals surface area contributed by atoms with E-state index in [2.05, 4.69) is 32.6 Å². The second-order valence-corrected chi connectivity index (χ2v) is 6.55. The summed E-state index contributed by atoms with van der Waals surface area (Å²) in [4.78, 5) is 2.64. The van der Waals surface area contributed by atoms with Crippen molar-refractivity contribution >= 4 is 0 Å². The van der Waals surface area contributed by atoms with E-state index in [0.29, 0.717) is 11.5 Å². The first kappa shape index (κ1) is 14.0. The Balaban J connectivity index is 2.23. The van der Waals surface area contributed by atoms with Crippen LogP contribution in [0.1, 0.15) is 59.8 Å². The van der Waals surface area contributed by atoms with Gasteiger partial charge in [0.25, 0.3) is 0 Å². The maximum absolute atomic E-state index is 6.20. The van der Waals surface area contributed by atoms with Gasteiger partial charge in [-0.15, -0.1) is 0 Å². The van der Waals surface area contributed by atoms with Crippen LogP contribution in [0.2, 0.25) is 0 Å². The van der Waals surface area contributed by atoms with Crippen LogP contribution in [0.5, 0.6) is 0 Å². The van der Waals surface area contributed by atoms with E-state index >= 15 is 0 Å². The number of nitrogens with zero attached hydrogens (tertiary/aromatic N) is 1. The summed E-state index contributed by atoms with van der Waals surface area (Å²) in [6.45, 7) is 11.6. The largest absolute Gasteiger partial charge is 0.328 e. The minimum absolute atomic E-state index is 0.370. The maximum Gasteiger partial charge on any atom is 0.00931 e. The average molecular weight is 226 g/mol. The number of likely N-dealkylation sites (tertiary alicyclic amines) is 1. The second kappa shape index (κ2) is 6.02. The molecule has 1 fully saturated rings. The highest BCUT2D eigenvalue weighted by atomic mass is 15.2. The number of rotatable bonds is 5. The summed E-state index contributed by atoms with van der Waals surface area (Å²) in [5.74, 6) is 0. The molecule has 1 aliphatic heterocycles. The molecule has 0 aliphatic carbocycles. The summed E-state index contributed by atoms with van der Waals surface area (Å²) in [5.41, 5.74) is 6.57. The van der Waals surface area contributed by atoms with Crippen molar-refractivity contribution < 1.29 is 0 Å². The van der Waals surface area contributed by atoms with E-state index in [1.165, 1.54) is 32.4 Å². The molecular formula is C14H30N2. The van der Waals surface area contributed by atoms with Crippen LogP contribution in [0.4, 0.5) is 0 Å². The van der Waals surface area contributed by atoms with Gasteiger partial charge in [0.2, 0.25) is 0 Å². The zero-order valence-corrected chi connectivity index (χ0v) is 11.6. The smallest absolute Gasteiger partial charge is 0.00931 e. The zero-order chi connectivity index (χ0) is 12.2. The Labute approximate surface area is 102 Å². The third-order valence-corrected chi connectivity index (χ3v) is 3.63. The van der Waals surface area contributed by atoms with E-state index in [9.17, 15) is 0 Å². The van der Waals surface area contributed by atoms with Gasteiger partial charge >= 0.3 is 0 Å². The monoisotopic (exact) mass is 226 g/mol. The number of hydrogen-bond acceptors (Lipinski definition) is 2. The van der Waals surface area contributed by atoms with Crippen LogP contribution in [-0.2, 0) is 0 Å². The van der Waals surface area contributed by atoms with Crippen LogP contribution < -0.4 is 5.73 Å². The molecule has 0 spiro atoms. The number of hydrogen-bond donors (Lipinski definition) is 1. The lowest BCUT2D eigenvalue weighted by molar-refractivity contribution is 0.227. The molecule has 1 saturated heterocycles. The minimum Gasteiger partial charge on any atom is -0.328 e. The van der Waals surface area contributed by atoms with E-state index in [4.69, 9.17) is 5.73 Å². The summed E-state index contributed by atoms with van der Waals surface area (Å²) in [6.07, 6.45) is 6.37. The van der Waals surface area contributed by atoms with Crippen LogP contribution in [0, 0.1) is 5.41 Å². The molecule has 0 bridgehead atoms. The van der Waals surface area contributed by atoms with Gasteiger partial charge in [0.15, 0.2) is 0 Å². The Morgan fingerprint density at radius 3 is 2.62 bits per heavy atom. The summed E-state index contributed by atoms with van der Waals surface area (Å²) in [7, 11) is 0. The molecule has 1 rings (SSSR count). The van der Waals surface area contributed by atoms with Gasteiger partial charge in [-0.05, 0) is 50.6 Å². The summed E-state index contributed by atoms with van der Waals surface area (Å²) < 4.78 is 0. The standard InChI is InChI=1S/C14H30N2/c1-5-13-7-6-9-16(13)10-8-12(15)11-14(2,3)4/h12-13H,5-11,15H2,1-4H3.